The first-order chi connectivity index (χ1) is 8.68. The van der Waals surface area contributed by atoms with Gasteiger partial charge in [-0.2, -0.15) is 0 Å². The lowest BCUT2D eigenvalue weighted by Crippen LogP contribution is -2.30. The number of hydrogen-bond acceptors (Lipinski definition) is 5. The van der Waals surface area contributed by atoms with Crippen molar-refractivity contribution in [3.8, 4) is 0 Å². The van der Waals surface area contributed by atoms with Crippen molar-refractivity contribution in [2.75, 3.05) is 13.2 Å². The predicted octanol–water partition coefficient (Wildman–Crippen LogP) is 2.25. The summed E-state index contributed by atoms with van der Waals surface area (Å²) in [6.45, 7) is 0.949. The van der Waals surface area contributed by atoms with Gasteiger partial charge in [-0.1, -0.05) is 12.1 Å². The van der Waals surface area contributed by atoms with Gasteiger partial charge in [0.1, 0.15) is 0 Å². The second-order valence-electron chi connectivity index (χ2n) is 4.33. The van der Waals surface area contributed by atoms with E-state index in [1.165, 1.54) is 11.3 Å². The Hall–Kier alpha value is -0.980. The van der Waals surface area contributed by atoms with Crippen molar-refractivity contribution in [1.29, 1.82) is 0 Å². The van der Waals surface area contributed by atoms with Crippen LogP contribution in [0.25, 0.3) is 10.2 Å². The average molecular weight is 283 g/mol. The number of fused-ring (bicyclic) bond motifs is 1. The molecule has 18 heavy (non-hydrogen) atoms. The second kappa shape index (κ2) is 4.60. The number of aromatic nitrogens is 1. The molecule has 0 radical (unpaired) electrons. The molecule has 2 aromatic rings. The van der Waals surface area contributed by atoms with Crippen molar-refractivity contribution in [1.82, 2.24) is 4.98 Å². The van der Waals surface area contributed by atoms with Crippen molar-refractivity contribution >= 4 is 31.4 Å². The molecule has 0 saturated carbocycles. The molecule has 2 heterocycles. The third-order valence-corrected chi connectivity index (χ3v) is 6.68. The Morgan fingerprint density at radius 3 is 2.89 bits per heavy atom. The molecule has 1 aromatic heterocycles. The molecule has 0 spiro atoms. The van der Waals surface area contributed by atoms with E-state index in [1.54, 1.807) is 0 Å². The largest absolute Gasteiger partial charge is 0.380 e. The standard InChI is InChI=1S/C12H13NO3S2/c14-18(15,9-4-3-7-16-8-9)12-13-10-5-1-2-6-11(10)17-12/h1-2,5-6,9H,3-4,7-8H2/t9-/m0/s1. The first-order valence-electron chi connectivity index (χ1n) is 5.85. The Labute approximate surface area is 110 Å². The molecule has 0 aliphatic carbocycles. The van der Waals surface area contributed by atoms with Crippen LogP contribution >= 0.6 is 11.3 Å². The summed E-state index contributed by atoms with van der Waals surface area (Å²) in [6, 6.07) is 7.48. The van der Waals surface area contributed by atoms with E-state index < -0.39 is 15.1 Å². The average Bonchev–Trinajstić information content (AvgIpc) is 2.84. The molecule has 0 amide bonds. The van der Waals surface area contributed by atoms with Gasteiger partial charge in [-0.3, -0.25) is 0 Å². The van der Waals surface area contributed by atoms with Crippen molar-refractivity contribution < 1.29 is 13.2 Å². The van der Waals surface area contributed by atoms with E-state index in [0.29, 0.717) is 13.0 Å². The molecule has 3 rings (SSSR count). The quantitative estimate of drug-likeness (QED) is 0.848. The van der Waals surface area contributed by atoms with Gasteiger partial charge in [-0.15, -0.1) is 11.3 Å². The van der Waals surface area contributed by atoms with Crippen LogP contribution in [0.1, 0.15) is 12.8 Å². The summed E-state index contributed by atoms with van der Waals surface area (Å²) in [5, 5.41) is -0.438. The summed E-state index contributed by atoms with van der Waals surface area (Å²) < 4.78 is 31.2. The van der Waals surface area contributed by atoms with Gasteiger partial charge in [-0.05, 0) is 25.0 Å². The summed E-state index contributed by atoms with van der Waals surface area (Å²) in [7, 11) is -3.34. The molecule has 1 aliphatic rings. The van der Waals surface area contributed by atoms with Crippen LogP contribution in [0.5, 0.6) is 0 Å². The van der Waals surface area contributed by atoms with Crippen molar-refractivity contribution in [2.24, 2.45) is 0 Å². The van der Waals surface area contributed by atoms with E-state index in [9.17, 15) is 8.42 Å². The number of nitrogens with zero attached hydrogens (tertiary/aromatic N) is 1. The topological polar surface area (TPSA) is 56.3 Å². The van der Waals surface area contributed by atoms with Crippen LogP contribution in [-0.2, 0) is 14.6 Å². The summed E-state index contributed by atoms with van der Waals surface area (Å²) in [5.41, 5.74) is 0.748. The highest BCUT2D eigenvalue weighted by Gasteiger charge is 2.32. The molecular weight excluding hydrogens is 270 g/mol. The maximum Gasteiger partial charge on any atom is 0.210 e. The molecule has 0 unspecified atom stereocenters. The molecule has 0 bridgehead atoms. The van der Waals surface area contributed by atoms with Crippen LogP contribution in [-0.4, -0.2) is 31.9 Å². The fourth-order valence-corrected chi connectivity index (χ4v) is 5.17. The number of sulfone groups is 1. The van der Waals surface area contributed by atoms with Gasteiger partial charge < -0.3 is 4.74 Å². The monoisotopic (exact) mass is 283 g/mol. The SMILES string of the molecule is O=S(=O)(c1nc2ccccc2s1)[C@H]1CCCOC1. The molecule has 1 atom stereocenters. The van der Waals surface area contributed by atoms with Gasteiger partial charge >= 0.3 is 0 Å². The van der Waals surface area contributed by atoms with Gasteiger partial charge in [0.25, 0.3) is 0 Å². The Morgan fingerprint density at radius 2 is 2.17 bits per heavy atom. The fourth-order valence-electron chi connectivity index (χ4n) is 2.07. The molecule has 4 nitrogen and oxygen atoms in total. The fraction of sp³-hybridized carbons (Fsp3) is 0.417. The van der Waals surface area contributed by atoms with Gasteiger partial charge in [-0.25, -0.2) is 13.4 Å². The molecule has 1 fully saturated rings. The number of hydrogen-bond donors (Lipinski definition) is 0. The molecule has 0 N–H and O–H groups in total. The predicted molar refractivity (Wildman–Crippen MR) is 70.6 cm³/mol. The highest BCUT2D eigenvalue weighted by molar-refractivity contribution is 7.94. The third kappa shape index (κ3) is 2.04. The summed E-state index contributed by atoms with van der Waals surface area (Å²) in [4.78, 5) is 4.23. The zero-order chi connectivity index (χ0) is 12.6. The van der Waals surface area contributed by atoms with Gasteiger partial charge in [0.15, 0.2) is 0 Å². The first kappa shape index (κ1) is 12.1. The highest BCUT2D eigenvalue weighted by atomic mass is 32.2. The second-order valence-corrected chi connectivity index (χ2v) is 7.76. The van der Waals surface area contributed by atoms with Crippen molar-refractivity contribution in [2.45, 2.75) is 22.4 Å². The lowest BCUT2D eigenvalue weighted by molar-refractivity contribution is 0.0991. The van der Waals surface area contributed by atoms with Crippen molar-refractivity contribution in [3.05, 3.63) is 24.3 Å². The molecule has 1 aliphatic heterocycles. The molecule has 1 aromatic carbocycles. The number of ether oxygens (including phenoxy) is 1. The van der Waals surface area contributed by atoms with E-state index in [1.807, 2.05) is 24.3 Å². The van der Waals surface area contributed by atoms with Crippen LogP contribution in [0.4, 0.5) is 0 Å². The Bertz CT molecular complexity index is 624. The summed E-state index contributed by atoms with van der Waals surface area (Å²) in [6.07, 6.45) is 1.47. The number of rotatable bonds is 2. The zero-order valence-electron chi connectivity index (χ0n) is 9.70. The Balaban J connectivity index is 2.01. The Morgan fingerprint density at radius 1 is 1.33 bits per heavy atom. The van der Waals surface area contributed by atoms with Gasteiger partial charge in [0.05, 0.1) is 22.1 Å². The van der Waals surface area contributed by atoms with E-state index in [0.717, 1.165) is 16.6 Å². The van der Waals surface area contributed by atoms with Crippen LogP contribution in [0.2, 0.25) is 0 Å². The molecular formula is C12H13NO3S2. The van der Waals surface area contributed by atoms with Crippen molar-refractivity contribution in [3.63, 3.8) is 0 Å². The zero-order valence-corrected chi connectivity index (χ0v) is 11.3. The minimum Gasteiger partial charge on any atom is -0.380 e. The Kier molecular flexibility index (Phi) is 3.09. The maximum absolute atomic E-state index is 12.4. The summed E-state index contributed by atoms with van der Waals surface area (Å²) in [5.74, 6) is 0. The number of benzene rings is 1. The van der Waals surface area contributed by atoms with Crippen LogP contribution in [0.15, 0.2) is 28.6 Å². The van der Waals surface area contributed by atoms with E-state index >= 15 is 0 Å². The first-order valence-corrected chi connectivity index (χ1v) is 8.21. The van der Waals surface area contributed by atoms with Crippen LogP contribution in [0.3, 0.4) is 0 Å². The maximum atomic E-state index is 12.4. The molecule has 1 saturated heterocycles. The number of para-hydroxylation sites is 1. The van der Waals surface area contributed by atoms with Gasteiger partial charge in [0, 0.05) is 6.61 Å². The smallest absolute Gasteiger partial charge is 0.210 e. The summed E-state index contributed by atoms with van der Waals surface area (Å²) >= 11 is 1.24. The van der Waals surface area contributed by atoms with Crippen LogP contribution in [0, 0.1) is 0 Å². The number of thiazole rings is 1. The van der Waals surface area contributed by atoms with Gasteiger partial charge in [0.2, 0.25) is 14.2 Å². The third-order valence-electron chi connectivity index (χ3n) is 3.08. The van der Waals surface area contributed by atoms with E-state index in [-0.39, 0.29) is 10.9 Å². The minimum absolute atomic E-state index is 0.221. The van der Waals surface area contributed by atoms with E-state index in [2.05, 4.69) is 4.98 Å². The minimum atomic E-state index is -3.34. The van der Waals surface area contributed by atoms with Crippen LogP contribution < -0.4 is 0 Å². The van der Waals surface area contributed by atoms with E-state index in [4.69, 9.17) is 4.74 Å². The highest BCUT2D eigenvalue weighted by Crippen LogP contribution is 2.29. The molecule has 6 heteroatoms. The normalized spacial score (nSPS) is 21.2. The lowest BCUT2D eigenvalue weighted by Gasteiger charge is -2.20. The molecule has 96 valence electrons. The lowest BCUT2D eigenvalue weighted by atomic mass is 10.2.